The zero-order valence-electron chi connectivity index (χ0n) is 26.4. The number of amides is 1. The number of benzene rings is 3. The second-order valence-corrected chi connectivity index (χ2v) is 11.6. The number of esters is 1. The Labute approximate surface area is 270 Å². The van der Waals surface area contributed by atoms with E-state index in [2.05, 4.69) is 10.1 Å². The van der Waals surface area contributed by atoms with Crippen molar-refractivity contribution < 1.29 is 42.1 Å². The Morgan fingerprint density at radius 2 is 1.55 bits per heavy atom. The number of alkyl halides is 3. The first-order chi connectivity index (χ1) is 22.3. The molecule has 0 aliphatic rings. The van der Waals surface area contributed by atoms with Crippen LogP contribution < -0.4 is 5.32 Å². The number of hydrogen-bond donors (Lipinski definition) is 3. The van der Waals surface area contributed by atoms with E-state index in [4.69, 9.17) is 0 Å². The Bertz CT molecular complexity index is 1670. The van der Waals surface area contributed by atoms with Crippen LogP contribution in [0.1, 0.15) is 66.5 Å². The van der Waals surface area contributed by atoms with E-state index >= 15 is 0 Å². The minimum Gasteiger partial charge on any atom is -0.469 e. The molecule has 1 amide bonds. The molecule has 250 valence electrons. The van der Waals surface area contributed by atoms with Gasteiger partial charge in [-0.15, -0.1) is 0 Å². The summed E-state index contributed by atoms with van der Waals surface area (Å²) in [5, 5.41) is 23.9. The molecule has 4 rings (SSSR count). The van der Waals surface area contributed by atoms with Gasteiger partial charge < -0.3 is 24.8 Å². The molecule has 1 aromatic heterocycles. The molecule has 2 atom stereocenters. The van der Waals surface area contributed by atoms with Gasteiger partial charge in [-0.25, -0.2) is 4.39 Å². The summed E-state index contributed by atoms with van der Waals surface area (Å²) in [4.78, 5) is 25.7. The fourth-order valence-corrected chi connectivity index (χ4v) is 5.71. The van der Waals surface area contributed by atoms with Crippen LogP contribution in [-0.4, -0.2) is 46.0 Å². The number of rotatable bonds is 13. The number of aliphatic hydroxyl groups excluding tert-OH is 2. The maximum Gasteiger partial charge on any atom is 0.416 e. The van der Waals surface area contributed by atoms with Crippen LogP contribution in [0.25, 0.3) is 22.3 Å². The summed E-state index contributed by atoms with van der Waals surface area (Å²) >= 11 is 0. The molecule has 4 aromatic rings. The fraction of sp³-hybridized carbons (Fsp3) is 0.333. The second-order valence-electron chi connectivity index (χ2n) is 11.6. The van der Waals surface area contributed by atoms with Crippen LogP contribution in [0.2, 0.25) is 0 Å². The number of aliphatic hydroxyl groups is 2. The third-order valence-corrected chi connectivity index (χ3v) is 7.83. The highest BCUT2D eigenvalue weighted by molar-refractivity contribution is 6.05. The van der Waals surface area contributed by atoms with Gasteiger partial charge in [0.15, 0.2) is 0 Å². The summed E-state index contributed by atoms with van der Waals surface area (Å²) in [6.45, 7) is 3.60. The van der Waals surface area contributed by atoms with Crippen LogP contribution in [-0.2, 0) is 28.7 Å². The Kier molecular flexibility index (Phi) is 11.6. The Balaban J connectivity index is 1.82. The number of carbonyl (C=O) groups excluding carboxylic acids is 2. The standard InChI is InChI=1S/C36H38F4N2O5/c1-22(2)42-30(17-16-28(43)19-29(44)20-31(45)47-3)32(25-12-14-27(37)15-13-25)33(24-9-5-4-6-10-24)34(42)35(46)41-21-23-8-7-11-26(18-23)36(38,39)40/h4-15,18,22,28-29,43-44H,16-17,19-21H2,1-3H3,(H,41,46)/t28-,29-/m1/s1. The SMILES string of the molecule is COC(=O)C[C@H](O)C[C@H](O)CCc1c(-c2ccc(F)cc2)c(-c2ccccc2)c(C(=O)NCc2cccc(C(F)(F)F)c2)n1C(C)C. The van der Waals surface area contributed by atoms with Crippen molar-refractivity contribution in [3.05, 3.63) is 107 Å². The second kappa shape index (κ2) is 15.4. The number of nitrogens with one attached hydrogen (secondary N) is 1. The summed E-state index contributed by atoms with van der Waals surface area (Å²) < 4.78 is 60.6. The lowest BCUT2D eigenvalue weighted by molar-refractivity contribution is -0.143. The molecule has 0 saturated carbocycles. The first kappa shape index (κ1) is 35.4. The molecule has 0 bridgehead atoms. The summed E-state index contributed by atoms with van der Waals surface area (Å²) in [6, 6.07) is 19.4. The van der Waals surface area contributed by atoms with E-state index in [1.54, 1.807) is 12.1 Å². The number of hydrogen-bond acceptors (Lipinski definition) is 5. The predicted molar refractivity (Wildman–Crippen MR) is 170 cm³/mol. The highest BCUT2D eigenvalue weighted by Crippen LogP contribution is 2.42. The first-order valence-electron chi connectivity index (χ1n) is 15.3. The number of aromatic nitrogens is 1. The van der Waals surface area contributed by atoms with Crippen molar-refractivity contribution in [3.63, 3.8) is 0 Å². The topological polar surface area (TPSA) is 101 Å². The smallest absolute Gasteiger partial charge is 0.416 e. The van der Waals surface area contributed by atoms with Crippen molar-refractivity contribution >= 4 is 11.9 Å². The Morgan fingerprint density at radius 3 is 2.17 bits per heavy atom. The lowest BCUT2D eigenvalue weighted by Crippen LogP contribution is -2.27. The van der Waals surface area contributed by atoms with Crippen LogP contribution in [0.15, 0.2) is 78.9 Å². The van der Waals surface area contributed by atoms with Gasteiger partial charge in [0.25, 0.3) is 5.91 Å². The van der Waals surface area contributed by atoms with Crippen molar-refractivity contribution in [2.24, 2.45) is 0 Å². The average Bonchev–Trinajstić information content (AvgIpc) is 3.38. The van der Waals surface area contributed by atoms with E-state index in [0.717, 1.165) is 12.1 Å². The van der Waals surface area contributed by atoms with Gasteiger partial charge in [0.1, 0.15) is 11.5 Å². The molecule has 0 aliphatic heterocycles. The Hall–Kier alpha value is -4.48. The molecule has 0 fully saturated rings. The molecule has 0 radical (unpaired) electrons. The summed E-state index contributed by atoms with van der Waals surface area (Å²) in [5.41, 5.74) is 2.85. The minimum absolute atomic E-state index is 0.0841. The maximum atomic E-state index is 14.1. The van der Waals surface area contributed by atoms with E-state index in [9.17, 15) is 37.4 Å². The number of nitrogens with zero attached hydrogens (tertiary/aromatic N) is 1. The molecule has 7 nitrogen and oxygen atoms in total. The van der Waals surface area contributed by atoms with E-state index in [1.807, 2.05) is 48.7 Å². The van der Waals surface area contributed by atoms with Crippen LogP contribution >= 0.6 is 0 Å². The monoisotopic (exact) mass is 654 g/mol. The van der Waals surface area contributed by atoms with Gasteiger partial charge >= 0.3 is 12.1 Å². The van der Waals surface area contributed by atoms with Crippen molar-refractivity contribution in [2.45, 2.75) is 70.5 Å². The fourth-order valence-electron chi connectivity index (χ4n) is 5.71. The quantitative estimate of drug-likeness (QED) is 0.106. The normalized spacial score (nSPS) is 13.0. The van der Waals surface area contributed by atoms with Crippen molar-refractivity contribution in [1.29, 1.82) is 0 Å². The number of ether oxygens (including phenoxy) is 1. The van der Waals surface area contributed by atoms with Crippen LogP contribution in [0, 0.1) is 5.82 Å². The first-order valence-corrected chi connectivity index (χ1v) is 15.3. The molecule has 0 spiro atoms. The minimum atomic E-state index is -4.54. The third kappa shape index (κ3) is 8.87. The molecule has 0 unspecified atom stereocenters. The highest BCUT2D eigenvalue weighted by Gasteiger charge is 2.32. The number of halogens is 4. The summed E-state index contributed by atoms with van der Waals surface area (Å²) in [5.74, 6) is -1.59. The van der Waals surface area contributed by atoms with Gasteiger partial charge in [0, 0.05) is 29.4 Å². The van der Waals surface area contributed by atoms with Gasteiger partial charge in [-0.1, -0.05) is 54.6 Å². The predicted octanol–water partition coefficient (Wildman–Crippen LogP) is 7.10. The highest BCUT2D eigenvalue weighted by atomic mass is 19.4. The van der Waals surface area contributed by atoms with Gasteiger partial charge in [-0.2, -0.15) is 13.2 Å². The van der Waals surface area contributed by atoms with E-state index in [1.165, 1.54) is 31.4 Å². The average molecular weight is 655 g/mol. The van der Waals surface area contributed by atoms with Gasteiger partial charge in [-0.05, 0) is 74.1 Å². The summed E-state index contributed by atoms with van der Waals surface area (Å²) in [7, 11) is 1.21. The van der Waals surface area contributed by atoms with Crippen LogP contribution in [0.5, 0.6) is 0 Å². The van der Waals surface area contributed by atoms with Gasteiger partial charge in [-0.3, -0.25) is 9.59 Å². The van der Waals surface area contributed by atoms with E-state index < -0.39 is 41.6 Å². The third-order valence-electron chi connectivity index (χ3n) is 7.83. The molecule has 3 aromatic carbocycles. The number of methoxy groups -OCH3 is 1. The van der Waals surface area contributed by atoms with E-state index in [0.29, 0.717) is 27.9 Å². The molecule has 0 saturated heterocycles. The van der Waals surface area contributed by atoms with Crippen molar-refractivity contribution in [1.82, 2.24) is 9.88 Å². The molecule has 3 N–H and O–H groups in total. The van der Waals surface area contributed by atoms with E-state index in [-0.39, 0.29) is 49.5 Å². The largest absolute Gasteiger partial charge is 0.469 e. The lowest BCUT2D eigenvalue weighted by atomic mass is 9.92. The van der Waals surface area contributed by atoms with Crippen molar-refractivity contribution in [2.75, 3.05) is 7.11 Å². The Morgan fingerprint density at radius 1 is 0.894 bits per heavy atom. The van der Waals surface area contributed by atoms with Gasteiger partial charge in [0.2, 0.25) is 0 Å². The zero-order valence-corrected chi connectivity index (χ0v) is 26.4. The summed E-state index contributed by atoms with van der Waals surface area (Å²) in [6.07, 6.45) is -6.64. The molecule has 1 heterocycles. The number of carbonyl (C=O) groups is 2. The molecule has 47 heavy (non-hydrogen) atoms. The van der Waals surface area contributed by atoms with Crippen molar-refractivity contribution in [3.8, 4) is 22.3 Å². The zero-order chi connectivity index (χ0) is 34.3. The molecular weight excluding hydrogens is 616 g/mol. The van der Waals surface area contributed by atoms with Crippen LogP contribution in [0.3, 0.4) is 0 Å². The van der Waals surface area contributed by atoms with Crippen LogP contribution in [0.4, 0.5) is 17.6 Å². The molecular formula is C36H38F4N2O5. The molecule has 11 heteroatoms. The lowest BCUT2D eigenvalue weighted by Gasteiger charge is -2.20. The van der Waals surface area contributed by atoms with Gasteiger partial charge in [0.05, 0.1) is 31.3 Å². The molecule has 0 aliphatic carbocycles. The maximum absolute atomic E-state index is 14.1.